The third-order valence-electron chi connectivity index (χ3n) is 7.35. The molecule has 0 bridgehead atoms. The fourth-order valence-corrected chi connectivity index (χ4v) is 6.06. The number of rotatable bonds is 1. The summed E-state index contributed by atoms with van der Waals surface area (Å²) in [7, 11) is 0. The van der Waals surface area contributed by atoms with Gasteiger partial charge >= 0.3 is 0 Å². The van der Waals surface area contributed by atoms with E-state index in [1.807, 2.05) is 0 Å². The van der Waals surface area contributed by atoms with Gasteiger partial charge in [0.2, 0.25) is 0 Å². The van der Waals surface area contributed by atoms with Crippen molar-refractivity contribution in [2.24, 2.45) is 0 Å². The Hall–Kier alpha value is -3.90. The molecule has 2 aliphatic carbocycles. The molecular formula is C32H22. The van der Waals surface area contributed by atoms with Gasteiger partial charge in [-0.3, -0.25) is 0 Å². The summed E-state index contributed by atoms with van der Waals surface area (Å²) < 4.78 is 0. The molecule has 0 nitrogen and oxygen atoms in total. The minimum atomic E-state index is -0.269. The van der Waals surface area contributed by atoms with Gasteiger partial charge in [-0.2, -0.15) is 0 Å². The van der Waals surface area contributed by atoms with Crippen LogP contribution in [0, 0.1) is 6.92 Å². The molecule has 0 aromatic heterocycles. The molecule has 0 aliphatic heterocycles. The lowest BCUT2D eigenvalue weighted by Crippen LogP contribution is -2.26. The predicted octanol–water partition coefficient (Wildman–Crippen LogP) is 8.01. The second-order valence-corrected chi connectivity index (χ2v) is 9.02. The number of aryl methyl sites for hydroxylation is 1. The standard InChI is InChI=1S/C32H22/c1-21-15-17-26-27-18-16-23(22-9-3-2-4-10-22)20-31(27)32(30(26)19-21)28-13-7-5-11-24(28)25-12-6-8-14-29(25)32/h2-20H,1H3. The zero-order chi connectivity index (χ0) is 21.3. The predicted molar refractivity (Wildman–Crippen MR) is 133 cm³/mol. The average molecular weight is 407 g/mol. The van der Waals surface area contributed by atoms with Crippen molar-refractivity contribution in [3.8, 4) is 33.4 Å². The van der Waals surface area contributed by atoms with Gasteiger partial charge in [0.05, 0.1) is 5.41 Å². The number of hydrogen-bond acceptors (Lipinski definition) is 0. The Bertz CT molecular complexity index is 1480. The Balaban J connectivity index is 1.65. The van der Waals surface area contributed by atoms with E-state index in [4.69, 9.17) is 0 Å². The van der Waals surface area contributed by atoms with Crippen molar-refractivity contribution >= 4 is 0 Å². The second-order valence-electron chi connectivity index (χ2n) is 9.02. The minimum absolute atomic E-state index is 0.269. The van der Waals surface area contributed by atoms with Crippen LogP contribution in [0.3, 0.4) is 0 Å². The Morgan fingerprint density at radius 1 is 0.406 bits per heavy atom. The van der Waals surface area contributed by atoms with Gasteiger partial charge < -0.3 is 0 Å². The molecule has 0 amide bonds. The summed E-state index contributed by atoms with van der Waals surface area (Å²) in [5.41, 5.74) is 14.6. The van der Waals surface area contributed by atoms with Crippen molar-refractivity contribution in [1.82, 2.24) is 0 Å². The van der Waals surface area contributed by atoms with Gasteiger partial charge in [-0.25, -0.2) is 0 Å². The van der Waals surface area contributed by atoms with Crippen LogP contribution in [0.15, 0.2) is 115 Å². The smallest absolute Gasteiger partial charge is 0.0622 e. The van der Waals surface area contributed by atoms with Crippen LogP contribution in [0.25, 0.3) is 33.4 Å². The first-order valence-electron chi connectivity index (χ1n) is 11.3. The van der Waals surface area contributed by atoms with Gasteiger partial charge in [0.15, 0.2) is 0 Å². The van der Waals surface area contributed by atoms with Crippen LogP contribution in [-0.2, 0) is 5.41 Å². The van der Waals surface area contributed by atoms with Crippen LogP contribution in [-0.4, -0.2) is 0 Å². The van der Waals surface area contributed by atoms with Crippen LogP contribution >= 0.6 is 0 Å². The first kappa shape index (κ1) is 17.7. The maximum atomic E-state index is 2.44. The fraction of sp³-hybridized carbons (Fsp3) is 0.0625. The molecule has 0 fully saturated rings. The molecule has 150 valence electrons. The van der Waals surface area contributed by atoms with Crippen molar-refractivity contribution in [2.45, 2.75) is 12.3 Å². The van der Waals surface area contributed by atoms with Gasteiger partial charge in [-0.05, 0) is 68.6 Å². The Morgan fingerprint density at radius 2 is 0.938 bits per heavy atom. The summed E-state index contributed by atoms with van der Waals surface area (Å²) in [4.78, 5) is 0. The SMILES string of the molecule is Cc1ccc2c(c1)C1(c3ccccc3-c3ccccc31)c1cc(-c3ccccc3)ccc1-2. The van der Waals surface area contributed by atoms with E-state index in [9.17, 15) is 0 Å². The third kappa shape index (κ3) is 2.12. The molecule has 0 radical (unpaired) electrons. The Kier molecular flexibility index (Phi) is 3.50. The molecule has 2 aliphatic rings. The summed E-state index contributed by atoms with van der Waals surface area (Å²) in [5.74, 6) is 0. The van der Waals surface area contributed by atoms with Crippen LogP contribution < -0.4 is 0 Å². The molecule has 0 N–H and O–H groups in total. The maximum absolute atomic E-state index is 2.44. The maximum Gasteiger partial charge on any atom is 0.0725 e. The van der Waals surface area contributed by atoms with Gasteiger partial charge in [-0.1, -0.05) is 115 Å². The Labute approximate surface area is 188 Å². The molecule has 5 aromatic rings. The molecule has 0 atom stereocenters. The molecule has 32 heavy (non-hydrogen) atoms. The number of hydrogen-bond donors (Lipinski definition) is 0. The molecule has 1 spiro atoms. The summed E-state index contributed by atoms with van der Waals surface area (Å²) in [6, 6.07) is 42.8. The first-order chi connectivity index (χ1) is 15.8. The van der Waals surface area contributed by atoms with Crippen LogP contribution in [0.1, 0.15) is 27.8 Å². The van der Waals surface area contributed by atoms with E-state index in [1.54, 1.807) is 0 Å². The summed E-state index contributed by atoms with van der Waals surface area (Å²) in [5, 5.41) is 0. The van der Waals surface area contributed by atoms with Crippen molar-refractivity contribution in [3.63, 3.8) is 0 Å². The van der Waals surface area contributed by atoms with Gasteiger partial charge in [-0.15, -0.1) is 0 Å². The van der Waals surface area contributed by atoms with Crippen LogP contribution in [0.2, 0.25) is 0 Å². The summed E-state index contributed by atoms with van der Waals surface area (Å²) >= 11 is 0. The molecule has 0 heterocycles. The van der Waals surface area contributed by atoms with Crippen molar-refractivity contribution in [1.29, 1.82) is 0 Å². The number of fused-ring (bicyclic) bond motifs is 10. The van der Waals surface area contributed by atoms with Crippen LogP contribution in [0.4, 0.5) is 0 Å². The highest BCUT2D eigenvalue weighted by Gasteiger charge is 2.51. The molecule has 0 saturated heterocycles. The van der Waals surface area contributed by atoms with Crippen molar-refractivity contribution in [2.75, 3.05) is 0 Å². The monoisotopic (exact) mass is 406 g/mol. The third-order valence-corrected chi connectivity index (χ3v) is 7.35. The van der Waals surface area contributed by atoms with E-state index in [-0.39, 0.29) is 5.41 Å². The second kappa shape index (κ2) is 6.31. The van der Waals surface area contributed by atoms with E-state index < -0.39 is 0 Å². The normalized spacial score (nSPS) is 14.0. The molecule has 0 heteroatoms. The van der Waals surface area contributed by atoms with Crippen LogP contribution in [0.5, 0.6) is 0 Å². The topological polar surface area (TPSA) is 0 Å². The minimum Gasteiger partial charge on any atom is -0.0622 e. The number of benzene rings is 5. The van der Waals surface area contributed by atoms with Crippen molar-refractivity contribution in [3.05, 3.63) is 143 Å². The quantitative estimate of drug-likeness (QED) is 0.259. The van der Waals surface area contributed by atoms with E-state index in [0.717, 1.165) is 0 Å². The summed E-state index contributed by atoms with van der Waals surface area (Å²) in [6.45, 7) is 2.21. The van der Waals surface area contributed by atoms with Gasteiger partial charge in [0.25, 0.3) is 0 Å². The first-order valence-corrected chi connectivity index (χ1v) is 11.3. The molecule has 0 saturated carbocycles. The molecule has 7 rings (SSSR count). The molecule has 0 unspecified atom stereocenters. The average Bonchev–Trinajstić information content (AvgIpc) is 3.31. The lowest BCUT2D eigenvalue weighted by molar-refractivity contribution is 0.793. The van der Waals surface area contributed by atoms with E-state index in [2.05, 4.69) is 122 Å². The van der Waals surface area contributed by atoms with Crippen molar-refractivity contribution < 1.29 is 0 Å². The van der Waals surface area contributed by atoms with Gasteiger partial charge in [0.1, 0.15) is 0 Å². The zero-order valence-electron chi connectivity index (χ0n) is 18.0. The zero-order valence-corrected chi connectivity index (χ0v) is 18.0. The van der Waals surface area contributed by atoms with Gasteiger partial charge in [0, 0.05) is 0 Å². The fourth-order valence-electron chi connectivity index (χ4n) is 6.06. The Morgan fingerprint density at radius 3 is 1.62 bits per heavy atom. The molecular weight excluding hydrogens is 384 g/mol. The lowest BCUT2D eigenvalue weighted by atomic mass is 9.70. The highest BCUT2D eigenvalue weighted by atomic mass is 14.5. The van der Waals surface area contributed by atoms with E-state index in [1.165, 1.54) is 61.2 Å². The van der Waals surface area contributed by atoms with E-state index >= 15 is 0 Å². The van der Waals surface area contributed by atoms with E-state index in [0.29, 0.717) is 0 Å². The highest BCUT2D eigenvalue weighted by molar-refractivity contribution is 5.95. The lowest BCUT2D eigenvalue weighted by Gasteiger charge is -2.31. The largest absolute Gasteiger partial charge is 0.0725 e. The highest BCUT2D eigenvalue weighted by Crippen LogP contribution is 2.63. The molecule has 5 aromatic carbocycles. The summed E-state index contributed by atoms with van der Waals surface area (Å²) in [6.07, 6.45) is 0.